The summed E-state index contributed by atoms with van der Waals surface area (Å²) in [6.45, 7) is 4.08. The molecule has 0 bridgehead atoms. The lowest BCUT2D eigenvalue weighted by molar-refractivity contribution is -0.385. The summed E-state index contributed by atoms with van der Waals surface area (Å²) < 4.78 is 4.77. The molecule has 1 heterocycles. The fraction of sp³-hybridized carbons (Fsp3) is 0.533. The standard InChI is InChI=1S/C15H20N2O4/c1-11-13(4-3-5-14(11)17(19)20)10-16-8-6-12(7-9-16)15(18)21-2/h3-5,12H,6-10H2,1-2H3. The van der Waals surface area contributed by atoms with Gasteiger partial charge in [-0.1, -0.05) is 12.1 Å². The van der Waals surface area contributed by atoms with Crippen molar-refractivity contribution in [3.8, 4) is 0 Å². The van der Waals surface area contributed by atoms with Gasteiger partial charge in [0.05, 0.1) is 18.0 Å². The van der Waals surface area contributed by atoms with Gasteiger partial charge < -0.3 is 4.74 Å². The number of nitrogens with zero attached hydrogens (tertiary/aromatic N) is 2. The van der Waals surface area contributed by atoms with Gasteiger partial charge in [0.15, 0.2) is 0 Å². The van der Waals surface area contributed by atoms with Gasteiger partial charge in [0, 0.05) is 18.2 Å². The number of esters is 1. The van der Waals surface area contributed by atoms with Crippen molar-refractivity contribution in [2.75, 3.05) is 20.2 Å². The fourth-order valence-electron chi connectivity index (χ4n) is 2.77. The molecule has 114 valence electrons. The third kappa shape index (κ3) is 3.58. The van der Waals surface area contributed by atoms with Gasteiger partial charge in [0.2, 0.25) is 0 Å². The Labute approximate surface area is 123 Å². The Morgan fingerprint density at radius 1 is 1.43 bits per heavy atom. The van der Waals surface area contributed by atoms with E-state index in [1.807, 2.05) is 6.07 Å². The monoisotopic (exact) mass is 292 g/mol. The molecule has 1 aliphatic heterocycles. The van der Waals surface area contributed by atoms with Crippen LogP contribution in [0.4, 0.5) is 5.69 Å². The van der Waals surface area contributed by atoms with Crippen LogP contribution < -0.4 is 0 Å². The average Bonchev–Trinajstić information content (AvgIpc) is 2.49. The molecule has 0 unspecified atom stereocenters. The van der Waals surface area contributed by atoms with Crippen LogP contribution in [0.1, 0.15) is 24.0 Å². The van der Waals surface area contributed by atoms with Gasteiger partial charge in [-0.2, -0.15) is 0 Å². The van der Waals surface area contributed by atoms with Crippen LogP contribution in [-0.4, -0.2) is 36.0 Å². The van der Waals surface area contributed by atoms with Crippen molar-refractivity contribution >= 4 is 11.7 Å². The Balaban J connectivity index is 1.99. The molecule has 1 aromatic carbocycles. The smallest absolute Gasteiger partial charge is 0.308 e. The predicted molar refractivity (Wildman–Crippen MR) is 77.9 cm³/mol. The first-order chi connectivity index (χ1) is 10.0. The Hall–Kier alpha value is -1.95. The number of hydrogen-bond acceptors (Lipinski definition) is 5. The number of carbonyl (C=O) groups excluding carboxylic acids is 1. The van der Waals surface area contributed by atoms with E-state index >= 15 is 0 Å². The molecule has 0 radical (unpaired) electrons. The zero-order chi connectivity index (χ0) is 15.4. The molecule has 0 atom stereocenters. The molecular weight excluding hydrogens is 272 g/mol. The zero-order valence-corrected chi connectivity index (χ0v) is 12.4. The summed E-state index contributed by atoms with van der Waals surface area (Å²) in [6, 6.07) is 5.18. The minimum absolute atomic E-state index is 0.0162. The van der Waals surface area contributed by atoms with E-state index in [1.54, 1.807) is 13.0 Å². The van der Waals surface area contributed by atoms with Crippen LogP contribution in [0.25, 0.3) is 0 Å². The first-order valence-electron chi connectivity index (χ1n) is 7.06. The molecule has 2 rings (SSSR count). The maximum atomic E-state index is 11.5. The summed E-state index contributed by atoms with van der Waals surface area (Å²) >= 11 is 0. The minimum atomic E-state index is -0.345. The average molecular weight is 292 g/mol. The lowest BCUT2D eigenvalue weighted by Crippen LogP contribution is -2.36. The molecule has 1 saturated heterocycles. The van der Waals surface area contributed by atoms with Crippen LogP contribution in [0, 0.1) is 23.0 Å². The molecule has 1 aliphatic rings. The second kappa shape index (κ2) is 6.67. The van der Waals surface area contributed by atoms with E-state index in [0.717, 1.165) is 37.1 Å². The third-order valence-corrected chi connectivity index (χ3v) is 4.13. The number of ether oxygens (including phenoxy) is 1. The molecule has 1 fully saturated rings. The second-order valence-corrected chi connectivity index (χ2v) is 5.39. The minimum Gasteiger partial charge on any atom is -0.469 e. The summed E-state index contributed by atoms with van der Waals surface area (Å²) in [4.78, 5) is 24.3. The van der Waals surface area contributed by atoms with Gasteiger partial charge in [0.1, 0.15) is 0 Å². The van der Waals surface area contributed by atoms with Crippen molar-refractivity contribution in [1.29, 1.82) is 0 Å². The van der Waals surface area contributed by atoms with E-state index in [-0.39, 0.29) is 22.5 Å². The lowest BCUT2D eigenvalue weighted by Gasteiger charge is -2.30. The predicted octanol–water partition coefficient (Wildman–Crippen LogP) is 2.29. The van der Waals surface area contributed by atoms with Crippen LogP contribution >= 0.6 is 0 Å². The van der Waals surface area contributed by atoms with Crippen molar-refractivity contribution < 1.29 is 14.5 Å². The number of likely N-dealkylation sites (tertiary alicyclic amines) is 1. The van der Waals surface area contributed by atoms with Crippen LogP contribution in [0.3, 0.4) is 0 Å². The maximum absolute atomic E-state index is 11.5. The number of piperidine rings is 1. The molecule has 6 heteroatoms. The fourth-order valence-corrected chi connectivity index (χ4v) is 2.77. The molecule has 0 saturated carbocycles. The number of rotatable bonds is 4. The van der Waals surface area contributed by atoms with Gasteiger partial charge in [-0.05, 0) is 38.4 Å². The highest BCUT2D eigenvalue weighted by Crippen LogP contribution is 2.25. The Morgan fingerprint density at radius 3 is 2.67 bits per heavy atom. The van der Waals surface area contributed by atoms with E-state index in [2.05, 4.69) is 4.90 Å². The largest absolute Gasteiger partial charge is 0.469 e. The van der Waals surface area contributed by atoms with Crippen molar-refractivity contribution in [1.82, 2.24) is 4.90 Å². The van der Waals surface area contributed by atoms with Gasteiger partial charge in [-0.25, -0.2) is 0 Å². The number of methoxy groups -OCH3 is 1. The number of hydrogen-bond donors (Lipinski definition) is 0. The quantitative estimate of drug-likeness (QED) is 0.483. The summed E-state index contributed by atoms with van der Waals surface area (Å²) in [5.74, 6) is -0.154. The lowest BCUT2D eigenvalue weighted by atomic mass is 9.96. The first-order valence-corrected chi connectivity index (χ1v) is 7.06. The Morgan fingerprint density at radius 2 is 2.10 bits per heavy atom. The zero-order valence-electron chi connectivity index (χ0n) is 12.4. The van der Waals surface area contributed by atoms with E-state index < -0.39 is 0 Å². The number of nitro groups is 1. The topological polar surface area (TPSA) is 72.7 Å². The van der Waals surface area contributed by atoms with Gasteiger partial charge >= 0.3 is 5.97 Å². The molecule has 0 N–H and O–H groups in total. The molecule has 0 spiro atoms. The van der Waals surface area contributed by atoms with Crippen LogP contribution in [-0.2, 0) is 16.1 Å². The van der Waals surface area contributed by atoms with E-state index in [9.17, 15) is 14.9 Å². The van der Waals surface area contributed by atoms with E-state index in [0.29, 0.717) is 6.54 Å². The normalized spacial score (nSPS) is 16.7. The van der Waals surface area contributed by atoms with Crippen molar-refractivity contribution in [2.45, 2.75) is 26.3 Å². The highest BCUT2D eigenvalue weighted by molar-refractivity contribution is 5.72. The second-order valence-electron chi connectivity index (χ2n) is 5.39. The van der Waals surface area contributed by atoms with Crippen LogP contribution in [0.15, 0.2) is 18.2 Å². The van der Waals surface area contributed by atoms with Crippen molar-refractivity contribution in [3.63, 3.8) is 0 Å². The maximum Gasteiger partial charge on any atom is 0.308 e. The van der Waals surface area contributed by atoms with Crippen LogP contribution in [0.2, 0.25) is 0 Å². The molecular formula is C15H20N2O4. The SMILES string of the molecule is COC(=O)C1CCN(Cc2cccc([N+](=O)[O-])c2C)CC1. The van der Waals surface area contributed by atoms with Crippen molar-refractivity contribution in [3.05, 3.63) is 39.4 Å². The summed E-state index contributed by atoms with van der Waals surface area (Å²) in [5.41, 5.74) is 1.86. The Bertz CT molecular complexity index is 536. The first kappa shape index (κ1) is 15.4. The number of carbonyl (C=O) groups is 1. The number of nitro benzene ring substituents is 1. The highest BCUT2D eigenvalue weighted by atomic mass is 16.6. The van der Waals surface area contributed by atoms with Gasteiger partial charge in [-0.3, -0.25) is 19.8 Å². The molecule has 0 aromatic heterocycles. The van der Waals surface area contributed by atoms with Gasteiger partial charge in [-0.15, -0.1) is 0 Å². The van der Waals surface area contributed by atoms with Crippen LogP contribution in [0.5, 0.6) is 0 Å². The molecule has 0 amide bonds. The molecule has 21 heavy (non-hydrogen) atoms. The Kier molecular flexibility index (Phi) is 4.90. The summed E-state index contributed by atoms with van der Waals surface area (Å²) in [6.07, 6.45) is 1.56. The summed E-state index contributed by atoms with van der Waals surface area (Å²) in [5, 5.41) is 11.0. The molecule has 1 aromatic rings. The van der Waals surface area contributed by atoms with E-state index in [4.69, 9.17) is 4.74 Å². The third-order valence-electron chi connectivity index (χ3n) is 4.13. The van der Waals surface area contributed by atoms with E-state index in [1.165, 1.54) is 13.2 Å². The van der Waals surface area contributed by atoms with Crippen molar-refractivity contribution in [2.24, 2.45) is 5.92 Å². The molecule has 0 aliphatic carbocycles. The summed E-state index contributed by atoms with van der Waals surface area (Å²) in [7, 11) is 1.42. The van der Waals surface area contributed by atoms with Gasteiger partial charge in [0.25, 0.3) is 5.69 Å². The highest BCUT2D eigenvalue weighted by Gasteiger charge is 2.26. The molecule has 6 nitrogen and oxygen atoms in total. The number of benzene rings is 1.